The first kappa shape index (κ1) is 16.4. The largest absolute Gasteiger partial charge is 0.493 e. The van der Waals surface area contributed by atoms with E-state index < -0.39 is 0 Å². The maximum absolute atomic E-state index is 12.8. The number of aromatic nitrogens is 1. The van der Waals surface area contributed by atoms with Gasteiger partial charge in [0.15, 0.2) is 10.8 Å². The van der Waals surface area contributed by atoms with E-state index in [0.29, 0.717) is 23.1 Å². The van der Waals surface area contributed by atoms with Gasteiger partial charge >= 0.3 is 0 Å². The Morgan fingerprint density at radius 2 is 2.28 bits per heavy atom. The summed E-state index contributed by atoms with van der Waals surface area (Å²) in [6, 6.07) is 9.39. The van der Waals surface area contributed by atoms with Crippen LogP contribution in [0.2, 0.25) is 0 Å². The van der Waals surface area contributed by atoms with Gasteiger partial charge in [-0.15, -0.1) is 11.3 Å². The van der Waals surface area contributed by atoms with Crippen LogP contribution in [0.15, 0.2) is 45.5 Å². The summed E-state index contributed by atoms with van der Waals surface area (Å²) in [5, 5.41) is 3.80. The van der Waals surface area contributed by atoms with Crippen LogP contribution in [-0.2, 0) is 0 Å². The molecule has 0 fully saturated rings. The predicted molar refractivity (Wildman–Crippen MR) is 99.0 cm³/mol. The Bertz CT molecular complexity index is 921. The van der Waals surface area contributed by atoms with Crippen molar-refractivity contribution in [3.05, 3.63) is 57.2 Å². The fourth-order valence-electron chi connectivity index (χ4n) is 2.85. The molecule has 2 aromatic heterocycles. The van der Waals surface area contributed by atoms with Crippen molar-refractivity contribution in [3.8, 4) is 16.5 Å². The first-order valence-electron chi connectivity index (χ1n) is 7.86. The lowest BCUT2D eigenvalue weighted by Gasteiger charge is -2.26. The smallest absolute Gasteiger partial charge is 0.271 e. The topological polar surface area (TPSA) is 64.4 Å². The number of hydrogen-bond donors (Lipinski definition) is 1. The molecule has 128 valence electrons. The van der Waals surface area contributed by atoms with E-state index in [4.69, 9.17) is 9.15 Å². The molecular formula is C18H15BrN2O3S. The van der Waals surface area contributed by atoms with Crippen LogP contribution in [0.3, 0.4) is 0 Å². The minimum atomic E-state index is -0.176. The van der Waals surface area contributed by atoms with Crippen molar-refractivity contribution in [2.75, 3.05) is 6.61 Å². The Morgan fingerprint density at radius 1 is 1.40 bits per heavy atom. The van der Waals surface area contributed by atoms with Gasteiger partial charge in [-0.2, -0.15) is 0 Å². The number of carbonyl (C=O) groups is 1. The van der Waals surface area contributed by atoms with E-state index in [9.17, 15) is 4.79 Å². The van der Waals surface area contributed by atoms with Crippen molar-refractivity contribution in [3.63, 3.8) is 0 Å². The van der Waals surface area contributed by atoms with Crippen LogP contribution in [0, 0.1) is 6.92 Å². The quantitative estimate of drug-likeness (QED) is 0.667. The Morgan fingerprint density at radius 3 is 3.08 bits per heavy atom. The highest BCUT2D eigenvalue weighted by Crippen LogP contribution is 2.35. The van der Waals surface area contributed by atoms with Crippen molar-refractivity contribution in [2.24, 2.45) is 0 Å². The van der Waals surface area contributed by atoms with Crippen LogP contribution in [0.25, 0.3) is 10.8 Å². The molecule has 1 atom stereocenters. The number of rotatable bonds is 3. The molecule has 1 amide bonds. The summed E-state index contributed by atoms with van der Waals surface area (Å²) < 4.78 is 12.0. The molecule has 1 aliphatic heterocycles. The molecule has 1 aromatic carbocycles. The van der Waals surface area contributed by atoms with Crippen LogP contribution in [-0.4, -0.2) is 17.5 Å². The van der Waals surface area contributed by atoms with Crippen molar-refractivity contribution in [1.82, 2.24) is 10.3 Å². The second-order valence-electron chi connectivity index (χ2n) is 5.75. The third-order valence-electron chi connectivity index (χ3n) is 4.06. The molecule has 3 aromatic rings. The number of nitrogens with one attached hydrogen (secondary N) is 1. The van der Waals surface area contributed by atoms with Crippen LogP contribution < -0.4 is 10.1 Å². The fourth-order valence-corrected chi connectivity index (χ4v) is 4.11. The molecule has 25 heavy (non-hydrogen) atoms. The number of benzene rings is 1. The first-order valence-corrected chi connectivity index (χ1v) is 9.47. The second-order valence-corrected chi connectivity index (χ2v) is 7.87. The number of halogens is 1. The zero-order valence-corrected chi connectivity index (χ0v) is 15.8. The van der Waals surface area contributed by atoms with Gasteiger partial charge < -0.3 is 14.5 Å². The minimum absolute atomic E-state index is 0.0955. The molecule has 5 nitrogen and oxygen atoms in total. The number of carbonyl (C=O) groups excluding carboxylic acids is 1. The average Bonchev–Trinajstić information content (AvgIpc) is 3.24. The lowest BCUT2D eigenvalue weighted by molar-refractivity contribution is 0.0920. The zero-order valence-electron chi connectivity index (χ0n) is 13.4. The van der Waals surface area contributed by atoms with Gasteiger partial charge in [-0.3, -0.25) is 4.79 Å². The molecule has 1 N–H and O–H groups in total. The van der Waals surface area contributed by atoms with Crippen LogP contribution in [0.5, 0.6) is 5.75 Å². The molecule has 0 bridgehead atoms. The van der Waals surface area contributed by atoms with Gasteiger partial charge in [0.1, 0.15) is 11.4 Å². The minimum Gasteiger partial charge on any atom is -0.493 e. The van der Waals surface area contributed by atoms with E-state index in [1.807, 2.05) is 37.3 Å². The fraction of sp³-hybridized carbons (Fsp3) is 0.222. The Hall–Kier alpha value is -2.12. The van der Waals surface area contributed by atoms with E-state index >= 15 is 0 Å². The number of aryl methyl sites for hydroxylation is 1. The number of ether oxygens (including phenoxy) is 1. The van der Waals surface area contributed by atoms with Gasteiger partial charge in [-0.25, -0.2) is 4.98 Å². The number of hydrogen-bond acceptors (Lipinski definition) is 5. The number of furan rings is 1. The van der Waals surface area contributed by atoms with Crippen molar-refractivity contribution >= 4 is 33.2 Å². The van der Waals surface area contributed by atoms with Crippen molar-refractivity contribution in [2.45, 2.75) is 19.4 Å². The van der Waals surface area contributed by atoms with Gasteiger partial charge in [-0.05, 0) is 37.3 Å². The summed E-state index contributed by atoms with van der Waals surface area (Å²) in [5.41, 5.74) is 1.42. The SMILES string of the molecule is Cc1sc(-c2ccco2)nc1C(=O)NC1CCOc2ccc(Br)cc21. The Balaban J connectivity index is 1.59. The Kier molecular flexibility index (Phi) is 4.35. The molecular weight excluding hydrogens is 404 g/mol. The summed E-state index contributed by atoms with van der Waals surface area (Å²) in [4.78, 5) is 18.1. The van der Waals surface area contributed by atoms with Crippen LogP contribution >= 0.6 is 27.3 Å². The van der Waals surface area contributed by atoms with Crippen molar-refractivity contribution in [1.29, 1.82) is 0 Å². The molecule has 0 radical (unpaired) electrons. The highest BCUT2D eigenvalue weighted by atomic mass is 79.9. The highest BCUT2D eigenvalue weighted by molar-refractivity contribution is 9.10. The third kappa shape index (κ3) is 3.21. The molecule has 1 unspecified atom stereocenters. The maximum Gasteiger partial charge on any atom is 0.271 e. The number of thiazole rings is 1. The van der Waals surface area contributed by atoms with Gasteiger partial charge in [-0.1, -0.05) is 15.9 Å². The number of nitrogens with zero attached hydrogens (tertiary/aromatic N) is 1. The monoisotopic (exact) mass is 418 g/mol. The molecule has 7 heteroatoms. The third-order valence-corrected chi connectivity index (χ3v) is 5.54. The molecule has 0 saturated carbocycles. The molecule has 4 rings (SSSR count). The molecule has 0 spiro atoms. The second kappa shape index (κ2) is 6.65. The zero-order chi connectivity index (χ0) is 17.4. The van der Waals surface area contributed by atoms with Gasteiger partial charge in [0.25, 0.3) is 5.91 Å². The number of amides is 1. The Labute approximate surface area is 157 Å². The highest BCUT2D eigenvalue weighted by Gasteiger charge is 2.26. The standard InChI is InChI=1S/C18H15BrN2O3S/c1-10-16(21-18(25-10)15-3-2-7-23-15)17(22)20-13-6-8-24-14-5-4-11(19)9-12(13)14/h2-5,7,9,13H,6,8H2,1H3,(H,20,22). The van der Waals surface area contributed by atoms with E-state index in [2.05, 4.69) is 26.2 Å². The van der Waals surface area contributed by atoms with E-state index in [-0.39, 0.29) is 11.9 Å². The van der Waals surface area contributed by atoms with E-state index in [0.717, 1.165) is 27.1 Å². The summed E-state index contributed by atoms with van der Waals surface area (Å²) in [5.74, 6) is 1.31. The summed E-state index contributed by atoms with van der Waals surface area (Å²) in [6.07, 6.45) is 2.33. The maximum atomic E-state index is 12.8. The van der Waals surface area contributed by atoms with Gasteiger partial charge in [0.2, 0.25) is 0 Å². The van der Waals surface area contributed by atoms with Gasteiger partial charge in [0, 0.05) is 21.3 Å². The van der Waals surface area contributed by atoms with Crippen molar-refractivity contribution < 1.29 is 13.9 Å². The normalized spacial score (nSPS) is 16.2. The summed E-state index contributed by atoms with van der Waals surface area (Å²) in [7, 11) is 0. The molecule has 0 saturated heterocycles. The van der Waals surface area contributed by atoms with Crippen LogP contribution in [0.4, 0.5) is 0 Å². The van der Waals surface area contributed by atoms with Crippen LogP contribution in [0.1, 0.15) is 33.4 Å². The van der Waals surface area contributed by atoms with Gasteiger partial charge in [0.05, 0.1) is 18.9 Å². The lowest BCUT2D eigenvalue weighted by Crippen LogP contribution is -2.32. The van der Waals surface area contributed by atoms with E-state index in [1.165, 1.54) is 11.3 Å². The molecule has 1 aliphatic rings. The predicted octanol–water partition coefficient (Wildman–Crippen LogP) is 4.73. The number of fused-ring (bicyclic) bond motifs is 1. The molecule has 3 heterocycles. The summed E-state index contributed by atoms with van der Waals surface area (Å²) >= 11 is 4.93. The average molecular weight is 419 g/mol. The lowest BCUT2D eigenvalue weighted by atomic mass is 10.0. The molecule has 0 aliphatic carbocycles. The first-order chi connectivity index (χ1) is 12.1. The summed E-state index contributed by atoms with van der Waals surface area (Å²) in [6.45, 7) is 2.47. The van der Waals surface area contributed by atoms with E-state index in [1.54, 1.807) is 6.26 Å².